The van der Waals surface area contributed by atoms with Crippen LogP contribution in [0.1, 0.15) is 30.0 Å². The maximum atomic E-state index is 12.6. The van der Waals surface area contributed by atoms with E-state index in [4.69, 9.17) is 4.74 Å². The molecule has 2 N–H and O–H groups in total. The van der Waals surface area contributed by atoms with Gasteiger partial charge in [0.05, 0.1) is 13.2 Å². The van der Waals surface area contributed by atoms with Crippen LogP contribution in [0.25, 0.3) is 0 Å². The first-order valence-corrected chi connectivity index (χ1v) is 10.2. The van der Waals surface area contributed by atoms with Crippen LogP contribution in [-0.4, -0.2) is 51.8 Å². The molecule has 1 atom stereocenters. The summed E-state index contributed by atoms with van der Waals surface area (Å²) in [4.78, 5) is 17.1. The largest absolute Gasteiger partial charge is 0.496 e. The Kier molecular flexibility index (Phi) is 6.99. The minimum absolute atomic E-state index is 0.0941. The zero-order valence-electron chi connectivity index (χ0n) is 17.9. The first kappa shape index (κ1) is 21.0. The summed E-state index contributed by atoms with van der Waals surface area (Å²) in [6.07, 6.45) is 2.38. The number of anilines is 2. The van der Waals surface area contributed by atoms with Crippen molar-refractivity contribution in [2.24, 2.45) is 0 Å². The lowest BCUT2D eigenvalue weighted by atomic mass is 10.0. The fraction of sp³-hybridized carbons (Fsp3) is 0.435. The molecule has 0 spiro atoms. The highest BCUT2D eigenvalue weighted by Gasteiger charge is 2.26. The van der Waals surface area contributed by atoms with Gasteiger partial charge in [-0.05, 0) is 62.7 Å². The van der Waals surface area contributed by atoms with Crippen LogP contribution < -0.4 is 20.3 Å². The van der Waals surface area contributed by atoms with E-state index in [1.165, 1.54) is 12.8 Å². The first-order valence-electron chi connectivity index (χ1n) is 10.2. The summed E-state index contributed by atoms with van der Waals surface area (Å²) in [5.41, 5.74) is 4.08. The number of aryl methyl sites for hydroxylation is 1. The monoisotopic (exact) mass is 396 g/mol. The quantitative estimate of drug-likeness (QED) is 0.742. The molecule has 29 heavy (non-hydrogen) atoms. The molecule has 1 heterocycles. The number of hydrogen-bond donors (Lipinski definition) is 2. The normalized spacial score (nSPS) is 15.0. The number of carbonyl (C=O) groups excluding carboxylic acids is 1. The number of rotatable bonds is 7. The van der Waals surface area contributed by atoms with Gasteiger partial charge in [-0.2, -0.15) is 0 Å². The van der Waals surface area contributed by atoms with Gasteiger partial charge in [0.2, 0.25) is 0 Å². The number of hydrogen-bond acceptors (Lipinski definition) is 4. The lowest BCUT2D eigenvalue weighted by molar-refractivity contribution is 0.224. The minimum atomic E-state index is -0.190. The maximum Gasteiger partial charge on any atom is 0.319 e. The second-order valence-electron chi connectivity index (χ2n) is 7.73. The maximum absolute atomic E-state index is 12.6. The second kappa shape index (κ2) is 9.65. The van der Waals surface area contributed by atoms with Crippen molar-refractivity contribution >= 4 is 17.4 Å². The van der Waals surface area contributed by atoms with Crippen LogP contribution in [0.4, 0.5) is 16.2 Å². The third kappa shape index (κ3) is 5.21. The summed E-state index contributed by atoms with van der Waals surface area (Å²) in [5, 5.41) is 6.05. The minimum Gasteiger partial charge on any atom is -0.496 e. The van der Waals surface area contributed by atoms with Crippen LogP contribution >= 0.6 is 0 Å². The van der Waals surface area contributed by atoms with Crippen LogP contribution in [0.5, 0.6) is 5.75 Å². The Morgan fingerprint density at radius 2 is 1.90 bits per heavy atom. The lowest BCUT2D eigenvalue weighted by Gasteiger charge is -2.29. The lowest BCUT2D eigenvalue weighted by Crippen LogP contribution is -2.38. The Hall–Kier alpha value is -2.73. The number of ether oxygens (including phenoxy) is 1. The smallest absolute Gasteiger partial charge is 0.319 e. The van der Waals surface area contributed by atoms with Gasteiger partial charge in [0.25, 0.3) is 0 Å². The number of likely N-dealkylation sites (tertiary alicyclic amines) is 1. The standard InChI is InChI=1S/C23H32N4O2/c1-17-15-18(26(2)3)11-12-20(17)25-23(28)24-16-21(27-13-7-8-14-27)19-9-5-6-10-22(19)29-4/h5-6,9-12,15,21H,7-8,13-14,16H2,1-4H3,(H2,24,25,28). The molecule has 0 aromatic heterocycles. The highest BCUT2D eigenvalue weighted by molar-refractivity contribution is 5.90. The SMILES string of the molecule is COc1ccccc1C(CNC(=O)Nc1ccc(N(C)C)cc1C)N1CCCC1. The third-order valence-corrected chi connectivity index (χ3v) is 5.51. The van der Waals surface area contributed by atoms with Crippen LogP contribution in [0.2, 0.25) is 0 Å². The molecule has 0 saturated carbocycles. The number of benzene rings is 2. The molecule has 1 fully saturated rings. The average Bonchev–Trinajstić information content (AvgIpc) is 3.24. The van der Waals surface area contributed by atoms with Gasteiger partial charge in [0.1, 0.15) is 5.75 Å². The van der Waals surface area contributed by atoms with Crippen molar-refractivity contribution < 1.29 is 9.53 Å². The molecule has 3 rings (SSSR count). The summed E-state index contributed by atoms with van der Waals surface area (Å²) >= 11 is 0. The Labute approximate surface area is 173 Å². The molecular weight excluding hydrogens is 364 g/mol. The van der Waals surface area contributed by atoms with Crippen molar-refractivity contribution in [3.8, 4) is 5.75 Å². The molecule has 2 aromatic rings. The molecule has 0 radical (unpaired) electrons. The summed E-state index contributed by atoms with van der Waals surface area (Å²) in [6.45, 7) is 4.61. The van der Waals surface area contributed by atoms with Crippen molar-refractivity contribution in [1.29, 1.82) is 0 Å². The molecule has 0 aliphatic carbocycles. The van der Waals surface area contributed by atoms with Crippen molar-refractivity contribution in [1.82, 2.24) is 10.2 Å². The van der Waals surface area contributed by atoms with Gasteiger partial charge in [-0.15, -0.1) is 0 Å². The van der Waals surface area contributed by atoms with Gasteiger partial charge in [0.15, 0.2) is 0 Å². The average molecular weight is 397 g/mol. The first-order chi connectivity index (χ1) is 14.0. The molecule has 2 aromatic carbocycles. The highest BCUT2D eigenvalue weighted by Crippen LogP contribution is 2.31. The fourth-order valence-electron chi connectivity index (χ4n) is 3.85. The number of nitrogens with one attached hydrogen (secondary N) is 2. The van der Waals surface area contributed by atoms with E-state index >= 15 is 0 Å². The van der Waals surface area contributed by atoms with E-state index in [0.29, 0.717) is 6.54 Å². The molecule has 2 amide bonds. The van der Waals surface area contributed by atoms with Gasteiger partial charge in [-0.25, -0.2) is 4.79 Å². The molecule has 1 aliphatic rings. The molecule has 6 heteroatoms. The topological polar surface area (TPSA) is 56.8 Å². The third-order valence-electron chi connectivity index (χ3n) is 5.51. The van der Waals surface area contributed by atoms with E-state index < -0.39 is 0 Å². The zero-order valence-corrected chi connectivity index (χ0v) is 17.9. The van der Waals surface area contributed by atoms with E-state index in [-0.39, 0.29) is 12.1 Å². The van der Waals surface area contributed by atoms with E-state index in [1.54, 1.807) is 7.11 Å². The van der Waals surface area contributed by atoms with Crippen molar-refractivity contribution in [3.63, 3.8) is 0 Å². The summed E-state index contributed by atoms with van der Waals surface area (Å²) in [5.74, 6) is 0.863. The van der Waals surface area contributed by atoms with Gasteiger partial charge in [0, 0.05) is 37.6 Å². The van der Waals surface area contributed by atoms with Crippen molar-refractivity contribution in [2.75, 3.05) is 51.1 Å². The molecule has 1 saturated heterocycles. The van der Waals surface area contributed by atoms with Crippen LogP contribution in [0, 0.1) is 6.92 Å². The number of amides is 2. The Morgan fingerprint density at radius 1 is 1.17 bits per heavy atom. The number of nitrogens with zero attached hydrogens (tertiary/aromatic N) is 2. The van der Waals surface area contributed by atoms with E-state index in [2.05, 4.69) is 27.7 Å². The molecule has 156 valence electrons. The number of methoxy groups -OCH3 is 1. The Morgan fingerprint density at radius 3 is 2.55 bits per heavy atom. The Balaban J connectivity index is 1.68. The van der Waals surface area contributed by atoms with E-state index in [1.807, 2.05) is 56.3 Å². The van der Waals surface area contributed by atoms with Crippen LogP contribution in [0.3, 0.4) is 0 Å². The van der Waals surface area contributed by atoms with E-state index in [9.17, 15) is 4.79 Å². The zero-order chi connectivity index (χ0) is 20.8. The summed E-state index contributed by atoms with van der Waals surface area (Å²) in [7, 11) is 5.70. The van der Waals surface area contributed by atoms with Gasteiger partial charge >= 0.3 is 6.03 Å². The number of carbonyl (C=O) groups is 1. The predicted octanol–water partition coefficient (Wildman–Crippen LogP) is 4.03. The van der Waals surface area contributed by atoms with Crippen molar-refractivity contribution in [3.05, 3.63) is 53.6 Å². The molecule has 0 bridgehead atoms. The fourth-order valence-corrected chi connectivity index (χ4v) is 3.85. The number of para-hydroxylation sites is 1. The van der Waals surface area contributed by atoms with Gasteiger partial charge in [-0.3, -0.25) is 4.90 Å². The highest BCUT2D eigenvalue weighted by atomic mass is 16.5. The van der Waals surface area contributed by atoms with Crippen molar-refractivity contribution in [2.45, 2.75) is 25.8 Å². The summed E-state index contributed by atoms with van der Waals surface area (Å²) in [6, 6.07) is 14.0. The molecular formula is C23H32N4O2. The molecule has 6 nitrogen and oxygen atoms in total. The predicted molar refractivity (Wildman–Crippen MR) is 119 cm³/mol. The van der Waals surface area contributed by atoms with Crippen LogP contribution in [0.15, 0.2) is 42.5 Å². The summed E-state index contributed by atoms with van der Waals surface area (Å²) < 4.78 is 5.58. The van der Waals surface area contributed by atoms with E-state index in [0.717, 1.165) is 41.3 Å². The number of urea groups is 1. The van der Waals surface area contributed by atoms with Crippen LogP contribution in [-0.2, 0) is 0 Å². The second-order valence-corrected chi connectivity index (χ2v) is 7.73. The Bertz CT molecular complexity index is 831. The molecule has 1 aliphatic heterocycles. The van der Waals surface area contributed by atoms with Gasteiger partial charge < -0.3 is 20.3 Å². The van der Waals surface area contributed by atoms with Gasteiger partial charge in [-0.1, -0.05) is 18.2 Å². The molecule has 1 unspecified atom stereocenters.